The zero-order valence-electron chi connectivity index (χ0n) is 14.6. The van der Waals surface area contributed by atoms with Crippen molar-refractivity contribution in [2.24, 2.45) is 0 Å². The minimum atomic E-state index is -0.518. The molecule has 0 unspecified atom stereocenters. The molecular weight excluding hydrogens is 335 g/mol. The summed E-state index contributed by atoms with van der Waals surface area (Å²) in [5.41, 5.74) is 1.78. The molecule has 0 spiro atoms. The minimum absolute atomic E-state index is 0.285. The second-order valence-corrected chi connectivity index (χ2v) is 5.73. The highest BCUT2D eigenvalue weighted by Gasteiger charge is 2.16. The molecule has 0 atom stereocenters. The van der Waals surface area contributed by atoms with Crippen molar-refractivity contribution in [3.05, 3.63) is 71.7 Å². The Morgan fingerprint density at radius 3 is 2.62 bits per heavy atom. The van der Waals surface area contributed by atoms with Gasteiger partial charge in [0.25, 0.3) is 0 Å². The van der Waals surface area contributed by atoms with Crippen LogP contribution in [0.1, 0.15) is 29.4 Å². The van der Waals surface area contributed by atoms with E-state index in [-0.39, 0.29) is 11.7 Å². The second-order valence-electron chi connectivity index (χ2n) is 5.73. The normalized spacial score (nSPS) is 10.6. The van der Waals surface area contributed by atoms with E-state index in [9.17, 15) is 9.18 Å². The second kappa shape index (κ2) is 7.82. The quantitative estimate of drug-likeness (QED) is 0.623. The number of aryl methyl sites for hydroxylation is 1. The van der Waals surface area contributed by atoms with Gasteiger partial charge in [0.1, 0.15) is 11.6 Å². The van der Waals surface area contributed by atoms with Gasteiger partial charge in [0.05, 0.1) is 24.1 Å². The molecule has 0 bridgehead atoms. The van der Waals surface area contributed by atoms with Crippen molar-refractivity contribution in [3.8, 4) is 17.3 Å². The smallest absolute Gasteiger partial charge is 0.344 e. The predicted molar refractivity (Wildman–Crippen MR) is 95.5 cm³/mol. The molecule has 0 saturated carbocycles. The van der Waals surface area contributed by atoms with Crippen molar-refractivity contribution in [2.45, 2.75) is 19.8 Å². The van der Waals surface area contributed by atoms with Crippen LogP contribution in [-0.4, -0.2) is 22.9 Å². The largest absolute Gasteiger partial charge is 0.497 e. The first-order valence-corrected chi connectivity index (χ1v) is 8.32. The molecule has 0 fully saturated rings. The Balaban J connectivity index is 1.92. The van der Waals surface area contributed by atoms with Gasteiger partial charge in [-0.1, -0.05) is 19.4 Å². The van der Waals surface area contributed by atoms with E-state index in [1.165, 1.54) is 23.9 Å². The molecule has 0 amide bonds. The third kappa shape index (κ3) is 3.91. The summed E-state index contributed by atoms with van der Waals surface area (Å²) in [6, 6.07) is 14.3. The Kier molecular flexibility index (Phi) is 5.31. The Morgan fingerprint density at radius 1 is 1.15 bits per heavy atom. The van der Waals surface area contributed by atoms with Gasteiger partial charge in [0.2, 0.25) is 5.88 Å². The summed E-state index contributed by atoms with van der Waals surface area (Å²) in [4.78, 5) is 12.5. The number of carbonyl (C=O) groups is 1. The lowest BCUT2D eigenvalue weighted by Crippen LogP contribution is -2.12. The molecular formula is C20H19FN2O3. The summed E-state index contributed by atoms with van der Waals surface area (Å²) in [7, 11) is 1.53. The van der Waals surface area contributed by atoms with Crippen molar-refractivity contribution in [2.75, 3.05) is 7.11 Å². The molecule has 0 radical (unpaired) electrons. The van der Waals surface area contributed by atoms with Gasteiger partial charge >= 0.3 is 5.97 Å². The van der Waals surface area contributed by atoms with Crippen LogP contribution in [0.3, 0.4) is 0 Å². The molecule has 0 aliphatic heterocycles. The summed E-state index contributed by atoms with van der Waals surface area (Å²) >= 11 is 0. The van der Waals surface area contributed by atoms with E-state index in [0.29, 0.717) is 17.0 Å². The van der Waals surface area contributed by atoms with Crippen molar-refractivity contribution in [1.82, 2.24) is 9.78 Å². The summed E-state index contributed by atoms with van der Waals surface area (Å²) in [5.74, 6) is -0.00846. The summed E-state index contributed by atoms with van der Waals surface area (Å²) in [6.07, 6.45) is 1.65. The van der Waals surface area contributed by atoms with Crippen molar-refractivity contribution in [1.29, 1.82) is 0 Å². The number of esters is 1. The first-order chi connectivity index (χ1) is 12.6. The number of carbonyl (C=O) groups excluding carboxylic acids is 1. The maximum Gasteiger partial charge on any atom is 0.344 e. The van der Waals surface area contributed by atoms with E-state index >= 15 is 0 Å². The van der Waals surface area contributed by atoms with Crippen molar-refractivity contribution >= 4 is 5.97 Å². The molecule has 5 nitrogen and oxygen atoms in total. The Labute approximate surface area is 151 Å². The highest BCUT2D eigenvalue weighted by Crippen LogP contribution is 2.22. The van der Waals surface area contributed by atoms with Crippen LogP contribution < -0.4 is 9.47 Å². The maximum atomic E-state index is 13.2. The van der Waals surface area contributed by atoms with Gasteiger partial charge < -0.3 is 9.47 Å². The molecule has 0 aliphatic carbocycles. The fourth-order valence-electron chi connectivity index (χ4n) is 2.53. The summed E-state index contributed by atoms with van der Waals surface area (Å²) < 4.78 is 25.4. The molecule has 3 rings (SSSR count). The average Bonchev–Trinajstić information content (AvgIpc) is 3.05. The number of rotatable bonds is 6. The van der Waals surface area contributed by atoms with Gasteiger partial charge in [0, 0.05) is 6.07 Å². The third-order valence-electron chi connectivity index (χ3n) is 3.81. The number of benzene rings is 2. The van der Waals surface area contributed by atoms with Crippen LogP contribution >= 0.6 is 0 Å². The van der Waals surface area contributed by atoms with Crippen LogP contribution in [0.25, 0.3) is 5.69 Å². The van der Waals surface area contributed by atoms with Crippen LogP contribution in [0.4, 0.5) is 4.39 Å². The predicted octanol–water partition coefficient (Wildman–Crippen LogP) is 4.19. The van der Waals surface area contributed by atoms with Crippen molar-refractivity contribution < 1.29 is 18.7 Å². The SMILES string of the molecule is CCCc1cc(OC(=O)c2cccc(OC)c2)n(-c2ccc(F)cc2)n1. The van der Waals surface area contributed by atoms with Gasteiger partial charge in [-0.3, -0.25) is 0 Å². The summed E-state index contributed by atoms with van der Waals surface area (Å²) in [6.45, 7) is 2.04. The van der Waals surface area contributed by atoms with Gasteiger partial charge in [-0.2, -0.15) is 5.10 Å². The van der Waals surface area contributed by atoms with E-state index in [4.69, 9.17) is 9.47 Å². The molecule has 0 aliphatic rings. The number of methoxy groups -OCH3 is 1. The standard InChI is InChI=1S/C20H19FN2O3/c1-3-5-16-13-19(23(22-16)17-10-8-15(21)9-11-17)26-20(24)14-6-4-7-18(12-14)25-2/h4,6-13H,3,5H2,1-2H3. The molecule has 1 heterocycles. The highest BCUT2D eigenvalue weighted by atomic mass is 19.1. The lowest BCUT2D eigenvalue weighted by Gasteiger charge is -2.08. The maximum absolute atomic E-state index is 13.2. The van der Waals surface area contributed by atoms with Gasteiger partial charge in [-0.15, -0.1) is 0 Å². The van der Waals surface area contributed by atoms with E-state index in [1.54, 1.807) is 42.5 Å². The number of ether oxygens (including phenoxy) is 2. The van der Waals surface area contributed by atoms with Crippen LogP contribution in [0, 0.1) is 5.82 Å². The Morgan fingerprint density at radius 2 is 1.92 bits per heavy atom. The van der Waals surface area contributed by atoms with E-state index < -0.39 is 5.97 Å². The average molecular weight is 354 g/mol. The third-order valence-corrected chi connectivity index (χ3v) is 3.81. The first kappa shape index (κ1) is 17.7. The fourth-order valence-corrected chi connectivity index (χ4v) is 2.53. The Bertz CT molecular complexity index is 904. The fraction of sp³-hybridized carbons (Fsp3) is 0.200. The number of aromatic nitrogens is 2. The molecule has 0 N–H and O–H groups in total. The van der Waals surface area contributed by atoms with Crippen LogP contribution in [0.2, 0.25) is 0 Å². The van der Waals surface area contributed by atoms with Crippen molar-refractivity contribution in [3.63, 3.8) is 0 Å². The lowest BCUT2D eigenvalue weighted by atomic mass is 10.2. The zero-order valence-corrected chi connectivity index (χ0v) is 14.6. The van der Waals surface area contributed by atoms with E-state index in [0.717, 1.165) is 18.5 Å². The first-order valence-electron chi connectivity index (χ1n) is 8.32. The van der Waals surface area contributed by atoms with Gasteiger partial charge in [-0.25, -0.2) is 13.9 Å². The molecule has 2 aromatic carbocycles. The molecule has 1 aromatic heterocycles. The number of hydrogen-bond donors (Lipinski definition) is 0. The summed E-state index contributed by atoms with van der Waals surface area (Å²) in [5, 5.41) is 4.47. The van der Waals surface area contributed by atoms with Gasteiger partial charge in [-0.05, 0) is 48.9 Å². The van der Waals surface area contributed by atoms with Crippen LogP contribution in [-0.2, 0) is 6.42 Å². The van der Waals surface area contributed by atoms with E-state index in [1.807, 2.05) is 6.92 Å². The van der Waals surface area contributed by atoms with Crippen LogP contribution in [0.15, 0.2) is 54.6 Å². The lowest BCUT2D eigenvalue weighted by molar-refractivity contribution is 0.0722. The molecule has 0 saturated heterocycles. The number of halogens is 1. The zero-order chi connectivity index (χ0) is 18.5. The topological polar surface area (TPSA) is 53.4 Å². The van der Waals surface area contributed by atoms with E-state index in [2.05, 4.69) is 5.10 Å². The molecule has 26 heavy (non-hydrogen) atoms. The highest BCUT2D eigenvalue weighted by molar-refractivity contribution is 5.91. The number of hydrogen-bond acceptors (Lipinski definition) is 4. The monoisotopic (exact) mass is 354 g/mol. The number of nitrogens with zero attached hydrogens (tertiary/aromatic N) is 2. The molecule has 6 heteroatoms. The van der Waals surface area contributed by atoms with Crippen LogP contribution in [0.5, 0.6) is 11.6 Å². The van der Waals surface area contributed by atoms with Gasteiger partial charge in [0.15, 0.2) is 0 Å². The molecule has 134 valence electrons. The Hall–Kier alpha value is -3.15. The molecule has 3 aromatic rings. The minimum Gasteiger partial charge on any atom is -0.497 e.